The Morgan fingerprint density at radius 3 is 2.25 bits per heavy atom. The van der Waals surface area contributed by atoms with Gasteiger partial charge in [0.1, 0.15) is 0 Å². The highest BCUT2D eigenvalue weighted by Gasteiger charge is 2.21. The fourth-order valence-electron chi connectivity index (χ4n) is 3.54. The van der Waals surface area contributed by atoms with Crippen molar-refractivity contribution in [2.45, 2.75) is 53.0 Å². The smallest absolute Gasteiger partial charge is 0.0454 e. The van der Waals surface area contributed by atoms with Gasteiger partial charge in [-0.3, -0.25) is 0 Å². The minimum Gasteiger partial charge on any atom is -0.309 e. The Bertz CT molecular complexity index is 410. The Morgan fingerprint density at radius 1 is 1.10 bits per heavy atom. The van der Waals surface area contributed by atoms with Crippen LogP contribution in [0.1, 0.15) is 54.5 Å². The summed E-state index contributed by atoms with van der Waals surface area (Å²) in [5.41, 5.74) is 5.78. The number of likely N-dealkylation sites (tertiary alicyclic amines) is 1. The molecule has 2 nitrogen and oxygen atoms in total. The molecule has 1 heterocycles. The maximum absolute atomic E-state index is 3.77. The Hall–Kier alpha value is -0.860. The summed E-state index contributed by atoms with van der Waals surface area (Å²) in [5, 5.41) is 3.77. The second-order valence-corrected chi connectivity index (χ2v) is 6.33. The van der Waals surface area contributed by atoms with Crippen LogP contribution in [0.15, 0.2) is 12.1 Å². The van der Waals surface area contributed by atoms with Gasteiger partial charge in [0, 0.05) is 12.6 Å². The molecular weight excluding hydrogens is 244 g/mol. The molecule has 1 saturated heterocycles. The molecule has 1 atom stereocenters. The SMILES string of the molecule is CCCNC(CN1CCCC1)c1c(C)cc(C)cc1C. The van der Waals surface area contributed by atoms with Crippen molar-refractivity contribution in [3.8, 4) is 0 Å². The van der Waals surface area contributed by atoms with Crippen LogP contribution in [0.4, 0.5) is 0 Å². The highest BCUT2D eigenvalue weighted by atomic mass is 15.2. The molecule has 2 heteroatoms. The molecule has 0 saturated carbocycles. The summed E-state index contributed by atoms with van der Waals surface area (Å²) < 4.78 is 0. The van der Waals surface area contributed by atoms with Crippen molar-refractivity contribution in [1.82, 2.24) is 10.2 Å². The van der Waals surface area contributed by atoms with Crippen LogP contribution in [0, 0.1) is 20.8 Å². The lowest BCUT2D eigenvalue weighted by molar-refractivity contribution is 0.291. The van der Waals surface area contributed by atoms with Crippen LogP contribution < -0.4 is 5.32 Å². The zero-order valence-corrected chi connectivity index (χ0v) is 13.6. The van der Waals surface area contributed by atoms with Gasteiger partial charge in [0.25, 0.3) is 0 Å². The molecule has 20 heavy (non-hydrogen) atoms. The van der Waals surface area contributed by atoms with Gasteiger partial charge in [-0.15, -0.1) is 0 Å². The summed E-state index contributed by atoms with van der Waals surface area (Å²) in [7, 11) is 0. The molecule has 0 amide bonds. The van der Waals surface area contributed by atoms with E-state index in [1.54, 1.807) is 0 Å². The van der Waals surface area contributed by atoms with Gasteiger partial charge in [0.2, 0.25) is 0 Å². The lowest BCUT2D eigenvalue weighted by atomic mass is 9.93. The summed E-state index contributed by atoms with van der Waals surface area (Å²) in [6.45, 7) is 13.8. The fourth-order valence-corrected chi connectivity index (χ4v) is 3.54. The van der Waals surface area contributed by atoms with Gasteiger partial charge < -0.3 is 10.2 Å². The van der Waals surface area contributed by atoms with E-state index in [-0.39, 0.29) is 0 Å². The van der Waals surface area contributed by atoms with E-state index in [2.05, 4.69) is 50.0 Å². The molecule has 0 radical (unpaired) electrons. The van der Waals surface area contributed by atoms with Crippen molar-refractivity contribution in [3.05, 3.63) is 34.4 Å². The largest absolute Gasteiger partial charge is 0.309 e. The van der Waals surface area contributed by atoms with Crippen LogP contribution in [0.5, 0.6) is 0 Å². The van der Waals surface area contributed by atoms with Gasteiger partial charge >= 0.3 is 0 Å². The van der Waals surface area contributed by atoms with Gasteiger partial charge in [-0.1, -0.05) is 24.6 Å². The second-order valence-electron chi connectivity index (χ2n) is 6.33. The molecule has 0 aliphatic carbocycles. The first-order valence-electron chi connectivity index (χ1n) is 8.15. The lowest BCUT2D eigenvalue weighted by Crippen LogP contribution is -2.35. The number of nitrogens with one attached hydrogen (secondary N) is 1. The van der Waals surface area contributed by atoms with Gasteiger partial charge in [-0.05, 0) is 76.4 Å². The van der Waals surface area contributed by atoms with Gasteiger partial charge in [0.05, 0.1) is 0 Å². The van der Waals surface area contributed by atoms with E-state index in [1.165, 1.54) is 54.6 Å². The molecule has 1 aromatic rings. The molecule has 0 aromatic heterocycles. The van der Waals surface area contributed by atoms with E-state index < -0.39 is 0 Å². The van der Waals surface area contributed by atoms with E-state index >= 15 is 0 Å². The normalized spacial score (nSPS) is 17.6. The molecule has 1 aromatic carbocycles. The predicted octanol–water partition coefficient (Wildman–Crippen LogP) is 3.75. The second kappa shape index (κ2) is 7.24. The number of rotatable bonds is 6. The average molecular weight is 274 g/mol. The molecule has 1 unspecified atom stereocenters. The third-order valence-electron chi connectivity index (χ3n) is 4.37. The van der Waals surface area contributed by atoms with Gasteiger partial charge in [-0.25, -0.2) is 0 Å². The predicted molar refractivity (Wildman–Crippen MR) is 87.4 cm³/mol. The standard InChI is InChI=1S/C18H30N2/c1-5-8-19-17(13-20-9-6-7-10-20)18-15(3)11-14(2)12-16(18)4/h11-12,17,19H,5-10,13H2,1-4H3. The van der Waals surface area contributed by atoms with Crippen molar-refractivity contribution in [2.24, 2.45) is 0 Å². The van der Waals surface area contributed by atoms with Crippen molar-refractivity contribution in [2.75, 3.05) is 26.2 Å². The van der Waals surface area contributed by atoms with E-state index in [0.29, 0.717) is 6.04 Å². The summed E-state index contributed by atoms with van der Waals surface area (Å²) in [6, 6.07) is 5.13. The molecule has 1 N–H and O–H groups in total. The third kappa shape index (κ3) is 3.83. The van der Waals surface area contributed by atoms with Crippen molar-refractivity contribution < 1.29 is 0 Å². The van der Waals surface area contributed by atoms with E-state index in [1.807, 2.05) is 0 Å². The van der Waals surface area contributed by atoms with Crippen LogP contribution >= 0.6 is 0 Å². The zero-order valence-electron chi connectivity index (χ0n) is 13.6. The van der Waals surface area contributed by atoms with Crippen LogP contribution in [-0.4, -0.2) is 31.1 Å². The highest BCUT2D eigenvalue weighted by Crippen LogP contribution is 2.25. The fraction of sp³-hybridized carbons (Fsp3) is 0.667. The van der Waals surface area contributed by atoms with E-state index in [4.69, 9.17) is 0 Å². The van der Waals surface area contributed by atoms with E-state index in [0.717, 1.165) is 13.1 Å². The molecule has 0 bridgehead atoms. The Morgan fingerprint density at radius 2 is 1.70 bits per heavy atom. The Balaban J connectivity index is 2.20. The summed E-state index contributed by atoms with van der Waals surface area (Å²) in [5.74, 6) is 0. The lowest BCUT2D eigenvalue weighted by Gasteiger charge is -2.28. The van der Waals surface area contributed by atoms with Crippen molar-refractivity contribution in [1.29, 1.82) is 0 Å². The monoisotopic (exact) mass is 274 g/mol. The molecule has 112 valence electrons. The Labute approximate surface area is 124 Å². The minimum absolute atomic E-state index is 0.480. The van der Waals surface area contributed by atoms with Crippen LogP contribution in [-0.2, 0) is 0 Å². The first-order valence-corrected chi connectivity index (χ1v) is 8.15. The van der Waals surface area contributed by atoms with Crippen molar-refractivity contribution >= 4 is 0 Å². The van der Waals surface area contributed by atoms with Crippen LogP contribution in [0.2, 0.25) is 0 Å². The maximum Gasteiger partial charge on any atom is 0.0454 e. The third-order valence-corrected chi connectivity index (χ3v) is 4.37. The first-order chi connectivity index (χ1) is 9.61. The zero-order chi connectivity index (χ0) is 14.5. The molecule has 2 rings (SSSR count). The minimum atomic E-state index is 0.480. The maximum atomic E-state index is 3.77. The van der Waals surface area contributed by atoms with Gasteiger partial charge in [0.15, 0.2) is 0 Å². The first kappa shape index (κ1) is 15.5. The highest BCUT2D eigenvalue weighted by molar-refractivity contribution is 5.39. The molecule has 0 spiro atoms. The number of benzene rings is 1. The molecular formula is C18H30N2. The number of aryl methyl sites for hydroxylation is 3. The summed E-state index contributed by atoms with van der Waals surface area (Å²) in [6.07, 6.45) is 3.93. The summed E-state index contributed by atoms with van der Waals surface area (Å²) in [4.78, 5) is 2.62. The number of hydrogen-bond acceptors (Lipinski definition) is 2. The Kier molecular flexibility index (Phi) is 5.62. The van der Waals surface area contributed by atoms with Crippen molar-refractivity contribution in [3.63, 3.8) is 0 Å². The van der Waals surface area contributed by atoms with E-state index in [9.17, 15) is 0 Å². The average Bonchev–Trinajstić information content (AvgIpc) is 2.87. The number of nitrogens with zero attached hydrogens (tertiary/aromatic N) is 1. The number of hydrogen-bond donors (Lipinski definition) is 1. The summed E-state index contributed by atoms with van der Waals surface area (Å²) >= 11 is 0. The topological polar surface area (TPSA) is 15.3 Å². The quantitative estimate of drug-likeness (QED) is 0.850. The van der Waals surface area contributed by atoms with Gasteiger partial charge in [-0.2, -0.15) is 0 Å². The molecule has 1 aliphatic heterocycles. The molecule has 1 aliphatic rings. The van der Waals surface area contributed by atoms with Crippen LogP contribution in [0.25, 0.3) is 0 Å². The molecule has 1 fully saturated rings. The van der Waals surface area contributed by atoms with Crippen LogP contribution in [0.3, 0.4) is 0 Å².